The molecular formula is C24H17NO3. The van der Waals surface area contributed by atoms with Gasteiger partial charge in [0.25, 0.3) is 5.91 Å². The molecule has 0 aliphatic carbocycles. The van der Waals surface area contributed by atoms with Gasteiger partial charge in [0.2, 0.25) is 0 Å². The fraction of sp³-hybridized carbons (Fsp3) is 0. The Morgan fingerprint density at radius 3 is 1.86 bits per heavy atom. The van der Waals surface area contributed by atoms with Gasteiger partial charge >= 0.3 is 5.97 Å². The second-order valence-electron chi connectivity index (χ2n) is 6.23. The second kappa shape index (κ2) is 7.76. The third kappa shape index (κ3) is 3.62. The molecular weight excluding hydrogens is 350 g/mol. The standard InChI is InChI=1S/C24H17NO3/c26-23(17-9-3-1-4-10-17)25-21-15-16-22(20-14-8-7-13-19(20)21)28-24(27)18-11-5-2-6-12-18/h1-16H,(H,25,26). The topological polar surface area (TPSA) is 55.4 Å². The normalized spacial score (nSPS) is 10.4. The Morgan fingerprint density at radius 1 is 0.607 bits per heavy atom. The Morgan fingerprint density at radius 2 is 1.18 bits per heavy atom. The van der Waals surface area contributed by atoms with E-state index in [-0.39, 0.29) is 5.91 Å². The minimum atomic E-state index is -0.424. The summed E-state index contributed by atoms with van der Waals surface area (Å²) >= 11 is 0. The van der Waals surface area contributed by atoms with Gasteiger partial charge in [-0.15, -0.1) is 0 Å². The molecule has 0 unspecified atom stereocenters. The van der Waals surface area contributed by atoms with Crippen LogP contribution >= 0.6 is 0 Å². The Kier molecular flexibility index (Phi) is 4.85. The van der Waals surface area contributed by atoms with Crippen molar-refractivity contribution in [3.8, 4) is 5.75 Å². The highest BCUT2D eigenvalue weighted by atomic mass is 16.5. The number of carbonyl (C=O) groups is 2. The number of hydrogen-bond acceptors (Lipinski definition) is 3. The van der Waals surface area contributed by atoms with Crippen LogP contribution in [-0.4, -0.2) is 11.9 Å². The lowest BCUT2D eigenvalue weighted by Gasteiger charge is -2.12. The number of hydrogen-bond donors (Lipinski definition) is 1. The average Bonchev–Trinajstić information content (AvgIpc) is 2.76. The van der Waals surface area contributed by atoms with Crippen LogP contribution in [0.3, 0.4) is 0 Å². The molecule has 0 aliphatic heterocycles. The van der Waals surface area contributed by atoms with E-state index in [1.807, 2.05) is 48.5 Å². The van der Waals surface area contributed by atoms with E-state index in [0.29, 0.717) is 22.6 Å². The monoisotopic (exact) mass is 367 g/mol. The highest BCUT2D eigenvalue weighted by Crippen LogP contribution is 2.32. The van der Waals surface area contributed by atoms with E-state index in [4.69, 9.17) is 4.74 Å². The van der Waals surface area contributed by atoms with Crippen molar-refractivity contribution in [1.29, 1.82) is 0 Å². The van der Waals surface area contributed by atoms with Crippen LogP contribution in [0.15, 0.2) is 97.1 Å². The highest BCUT2D eigenvalue weighted by molar-refractivity contribution is 6.10. The molecule has 4 aromatic rings. The van der Waals surface area contributed by atoms with E-state index in [1.165, 1.54) is 0 Å². The van der Waals surface area contributed by atoms with Gasteiger partial charge in [-0.3, -0.25) is 4.79 Å². The summed E-state index contributed by atoms with van der Waals surface area (Å²) in [5.74, 6) is -0.172. The lowest BCUT2D eigenvalue weighted by molar-refractivity contribution is 0.0737. The van der Waals surface area contributed by atoms with Crippen molar-refractivity contribution in [2.24, 2.45) is 0 Å². The van der Waals surface area contributed by atoms with Crippen molar-refractivity contribution in [2.45, 2.75) is 0 Å². The van der Waals surface area contributed by atoms with Crippen LogP contribution in [0.4, 0.5) is 5.69 Å². The maximum atomic E-state index is 12.5. The molecule has 4 heteroatoms. The number of nitrogens with one attached hydrogen (secondary N) is 1. The molecule has 0 radical (unpaired) electrons. The van der Waals surface area contributed by atoms with Gasteiger partial charge in [-0.2, -0.15) is 0 Å². The van der Waals surface area contributed by atoms with Crippen LogP contribution < -0.4 is 10.1 Å². The fourth-order valence-corrected chi connectivity index (χ4v) is 2.99. The van der Waals surface area contributed by atoms with Crippen molar-refractivity contribution in [3.05, 3.63) is 108 Å². The molecule has 1 N–H and O–H groups in total. The number of esters is 1. The lowest BCUT2D eigenvalue weighted by atomic mass is 10.1. The number of fused-ring (bicyclic) bond motifs is 1. The molecule has 4 aromatic carbocycles. The van der Waals surface area contributed by atoms with E-state index >= 15 is 0 Å². The molecule has 4 rings (SSSR count). The smallest absolute Gasteiger partial charge is 0.343 e. The molecule has 0 heterocycles. The van der Waals surface area contributed by atoms with Gasteiger partial charge in [0.05, 0.1) is 5.56 Å². The van der Waals surface area contributed by atoms with Crippen molar-refractivity contribution >= 4 is 28.3 Å². The zero-order chi connectivity index (χ0) is 19.3. The Hall–Kier alpha value is -3.92. The van der Waals surface area contributed by atoms with Crippen molar-refractivity contribution in [3.63, 3.8) is 0 Å². The van der Waals surface area contributed by atoms with Crippen LogP contribution in [0.25, 0.3) is 10.8 Å². The highest BCUT2D eigenvalue weighted by Gasteiger charge is 2.14. The first-order valence-electron chi connectivity index (χ1n) is 8.88. The molecule has 0 aliphatic rings. The summed E-state index contributed by atoms with van der Waals surface area (Å²) in [6.45, 7) is 0. The molecule has 0 atom stereocenters. The zero-order valence-electron chi connectivity index (χ0n) is 15.0. The molecule has 0 saturated carbocycles. The molecule has 136 valence electrons. The SMILES string of the molecule is O=C(Nc1ccc(OC(=O)c2ccccc2)c2ccccc12)c1ccccc1. The molecule has 0 bridgehead atoms. The van der Waals surface area contributed by atoms with E-state index in [2.05, 4.69) is 5.32 Å². The minimum absolute atomic E-state index is 0.195. The van der Waals surface area contributed by atoms with Crippen LogP contribution in [0, 0.1) is 0 Å². The van der Waals surface area contributed by atoms with Gasteiger partial charge in [-0.25, -0.2) is 4.79 Å². The summed E-state index contributed by atoms with van der Waals surface area (Å²) in [6, 6.07) is 28.8. The summed E-state index contributed by atoms with van der Waals surface area (Å²) < 4.78 is 5.61. The number of anilines is 1. The Bertz CT molecular complexity index is 1050. The number of carbonyl (C=O) groups excluding carboxylic acids is 2. The molecule has 28 heavy (non-hydrogen) atoms. The summed E-state index contributed by atoms with van der Waals surface area (Å²) in [4.78, 5) is 24.9. The molecule has 0 fully saturated rings. The van der Waals surface area contributed by atoms with Gasteiger partial charge in [-0.05, 0) is 36.4 Å². The number of ether oxygens (including phenoxy) is 1. The average molecular weight is 367 g/mol. The lowest BCUT2D eigenvalue weighted by Crippen LogP contribution is -2.12. The largest absolute Gasteiger partial charge is 0.422 e. The van der Waals surface area contributed by atoms with Crippen LogP contribution in [-0.2, 0) is 0 Å². The summed E-state index contributed by atoms with van der Waals surface area (Å²) in [7, 11) is 0. The van der Waals surface area contributed by atoms with Gasteiger partial charge in [0, 0.05) is 22.0 Å². The first-order valence-corrected chi connectivity index (χ1v) is 8.88. The third-order valence-corrected chi connectivity index (χ3v) is 4.38. The summed E-state index contributed by atoms with van der Waals surface area (Å²) in [6.07, 6.45) is 0. The van der Waals surface area contributed by atoms with Gasteiger partial charge in [0.1, 0.15) is 5.75 Å². The van der Waals surface area contributed by atoms with E-state index < -0.39 is 5.97 Å². The summed E-state index contributed by atoms with van der Waals surface area (Å²) in [5.41, 5.74) is 1.71. The minimum Gasteiger partial charge on any atom is -0.422 e. The fourth-order valence-electron chi connectivity index (χ4n) is 2.99. The second-order valence-corrected chi connectivity index (χ2v) is 6.23. The third-order valence-electron chi connectivity index (χ3n) is 4.38. The number of amides is 1. The Balaban J connectivity index is 1.65. The van der Waals surface area contributed by atoms with Crippen molar-refractivity contribution in [1.82, 2.24) is 0 Å². The first kappa shape index (κ1) is 17.5. The Labute approximate surface area is 162 Å². The van der Waals surface area contributed by atoms with Crippen LogP contribution in [0.1, 0.15) is 20.7 Å². The van der Waals surface area contributed by atoms with E-state index in [1.54, 1.807) is 48.5 Å². The van der Waals surface area contributed by atoms with E-state index in [9.17, 15) is 9.59 Å². The van der Waals surface area contributed by atoms with Crippen molar-refractivity contribution < 1.29 is 14.3 Å². The molecule has 0 spiro atoms. The number of rotatable bonds is 4. The van der Waals surface area contributed by atoms with Crippen molar-refractivity contribution in [2.75, 3.05) is 5.32 Å². The zero-order valence-corrected chi connectivity index (χ0v) is 15.0. The predicted octanol–water partition coefficient (Wildman–Crippen LogP) is 5.31. The first-order chi connectivity index (χ1) is 13.7. The van der Waals surface area contributed by atoms with Gasteiger partial charge < -0.3 is 10.1 Å². The summed E-state index contributed by atoms with van der Waals surface area (Å²) in [5, 5.41) is 4.48. The van der Waals surface area contributed by atoms with Gasteiger partial charge in [-0.1, -0.05) is 60.7 Å². The molecule has 0 aromatic heterocycles. The molecule has 4 nitrogen and oxygen atoms in total. The maximum absolute atomic E-state index is 12.5. The molecule has 0 saturated heterocycles. The van der Waals surface area contributed by atoms with Gasteiger partial charge in [0.15, 0.2) is 0 Å². The van der Waals surface area contributed by atoms with Crippen LogP contribution in [0.2, 0.25) is 0 Å². The van der Waals surface area contributed by atoms with Crippen LogP contribution in [0.5, 0.6) is 5.75 Å². The predicted molar refractivity (Wildman–Crippen MR) is 110 cm³/mol. The maximum Gasteiger partial charge on any atom is 0.343 e. The number of benzene rings is 4. The quantitative estimate of drug-likeness (QED) is 0.393. The molecule has 1 amide bonds. The van der Waals surface area contributed by atoms with E-state index in [0.717, 1.165) is 10.8 Å².